The third kappa shape index (κ3) is 4.20. The van der Waals surface area contributed by atoms with Crippen molar-refractivity contribution in [2.75, 3.05) is 11.6 Å². The molecule has 0 aliphatic carbocycles. The number of thiazole rings is 1. The van der Waals surface area contributed by atoms with Crippen LogP contribution < -0.4 is 10.1 Å². The van der Waals surface area contributed by atoms with Crippen molar-refractivity contribution >= 4 is 42.4 Å². The average molecular weight is 390 g/mol. The highest BCUT2D eigenvalue weighted by atomic mass is 32.2. The number of benzene rings is 2. The fourth-order valence-electron chi connectivity index (χ4n) is 2.34. The Bertz CT molecular complexity index is 1070. The number of carbonyl (C=O) groups excluding carboxylic acids is 1. The van der Waals surface area contributed by atoms with Crippen molar-refractivity contribution in [1.82, 2.24) is 4.98 Å². The van der Waals surface area contributed by atoms with Crippen LogP contribution in [0.4, 0.5) is 5.13 Å². The number of fused-ring (bicyclic) bond motifs is 1. The highest BCUT2D eigenvalue weighted by Crippen LogP contribution is 2.28. The summed E-state index contributed by atoms with van der Waals surface area (Å²) in [6.07, 6.45) is 0.456. The van der Waals surface area contributed by atoms with Gasteiger partial charge in [0, 0.05) is 6.26 Å². The van der Waals surface area contributed by atoms with Crippen molar-refractivity contribution in [3.8, 4) is 5.75 Å². The van der Waals surface area contributed by atoms with Gasteiger partial charge in [-0.2, -0.15) is 0 Å². The second kappa shape index (κ2) is 7.05. The number of nitrogens with one attached hydrogen (secondary N) is 1. The number of aryl methyl sites for hydroxylation is 1. The number of aromatic nitrogens is 1. The van der Waals surface area contributed by atoms with Gasteiger partial charge in [0.05, 0.1) is 15.1 Å². The SMILES string of the molecule is Cc1cccc(OC(C)C(=O)Nc2nc3ccc(S(C)(=O)=O)cc3s2)c1. The molecule has 26 heavy (non-hydrogen) atoms. The predicted octanol–water partition coefficient (Wildman–Crippen LogP) is 3.41. The van der Waals surface area contributed by atoms with E-state index in [0.29, 0.717) is 21.1 Å². The number of ether oxygens (including phenoxy) is 1. The molecule has 3 aromatic rings. The fraction of sp³-hybridized carbons (Fsp3) is 0.222. The Morgan fingerprint density at radius 3 is 2.69 bits per heavy atom. The lowest BCUT2D eigenvalue weighted by molar-refractivity contribution is -0.122. The average Bonchev–Trinajstić information content (AvgIpc) is 2.95. The highest BCUT2D eigenvalue weighted by Gasteiger charge is 2.17. The summed E-state index contributed by atoms with van der Waals surface area (Å²) in [6, 6.07) is 12.2. The number of hydrogen-bond donors (Lipinski definition) is 1. The van der Waals surface area contributed by atoms with Gasteiger partial charge in [0.2, 0.25) is 0 Å². The van der Waals surface area contributed by atoms with E-state index >= 15 is 0 Å². The van der Waals surface area contributed by atoms with Gasteiger partial charge in [0.15, 0.2) is 21.1 Å². The van der Waals surface area contributed by atoms with Gasteiger partial charge in [0.25, 0.3) is 5.91 Å². The van der Waals surface area contributed by atoms with Gasteiger partial charge in [0.1, 0.15) is 5.75 Å². The summed E-state index contributed by atoms with van der Waals surface area (Å²) < 4.78 is 29.6. The molecule has 0 aliphatic rings. The number of sulfone groups is 1. The van der Waals surface area contributed by atoms with Crippen LogP contribution >= 0.6 is 11.3 Å². The zero-order chi connectivity index (χ0) is 18.9. The third-order valence-corrected chi connectivity index (χ3v) is 5.73. The minimum absolute atomic E-state index is 0.225. The molecule has 1 aromatic heterocycles. The minimum Gasteiger partial charge on any atom is -0.481 e. The molecule has 6 nitrogen and oxygen atoms in total. The summed E-state index contributed by atoms with van der Waals surface area (Å²) in [5.74, 6) is 0.295. The second-order valence-electron chi connectivity index (χ2n) is 5.99. The number of carbonyl (C=O) groups is 1. The lowest BCUT2D eigenvalue weighted by Gasteiger charge is -2.13. The van der Waals surface area contributed by atoms with Crippen molar-refractivity contribution in [3.63, 3.8) is 0 Å². The fourth-order valence-corrected chi connectivity index (χ4v) is 3.97. The molecule has 136 valence electrons. The molecular formula is C18H18N2O4S2. The molecular weight excluding hydrogens is 372 g/mol. The Labute approximate surface area is 155 Å². The van der Waals surface area contributed by atoms with E-state index in [1.807, 2.05) is 25.1 Å². The summed E-state index contributed by atoms with van der Waals surface area (Å²) in [5, 5.41) is 3.12. The molecule has 0 spiro atoms. The topological polar surface area (TPSA) is 85.4 Å². The first-order valence-electron chi connectivity index (χ1n) is 7.87. The van der Waals surface area contributed by atoms with Crippen LogP contribution in [0.15, 0.2) is 47.4 Å². The quantitative estimate of drug-likeness (QED) is 0.721. The number of rotatable bonds is 5. The van der Waals surface area contributed by atoms with E-state index in [9.17, 15) is 13.2 Å². The molecule has 0 radical (unpaired) electrons. The van der Waals surface area contributed by atoms with E-state index in [4.69, 9.17) is 4.74 Å². The smallest absolute Gasteiger partial charge is 0.266 e. The molecule has 0 saturated carbocycles. The maximum atomic E-state index is 12.3. The molecule has 8 heteroatoms. The second-order valence-corrected chi connectivity index (χ2v) is 9.03. The van der Waals surface area contributed by atoms with Gasteiger partial charge in [-0.1, -0.05) is 23.5 Å². The number of hydrogen-bond acceptors (Lipinski definition) is 6. The van der Waals surface area contributed by atoms with Crippen LogP contribution in [0.2, 0.25) is 0 Å². The molecule has 1 atom stereocenters. The molecule has 3 rings (SSSR count). The molecule has 0 bridgehead atoms. The zero-order valence-corrected chi connectivity index (χ0v) is 16.1. The summed E-state index contributed by atoms with van der Waals surface area (Å²) in [4.78, 5) is 16.9. The zero-order valence-electron chi connectivity index (χ0n) is 14.5. The van der Waals surface area contributed by atoms with Gasteiger partial charge in [-0.05, 0) is 49.7 Å². The molecule has 1 N–H and O–H groups in total. The van der Waals surface area contributed by atoms with Gasteiger partial charge >= 0.3 is 0 Å². The van der Waals surface area contributed by atoms with Crippen molar-refractivity contribution < 1.29 is 17.9 Å². The maximum Gasteiger partial charge on any atom is 0.266 e. The van der Waals surface area contributed by atoms with Crippen molar-refractivity contribution in [3.05, 3.63) is 48.0 Å². The molecule has 0 fully saturated rings. The van der Waals surface area contributed by atoms with Gasteiger partial charge in [-0.3, -0.25) is 10.1 Å². The number of anilines is 1. The summed E-state index contributed by atoms with van der Waals surface area (Å²) >= 11 is 1.22. The minimum atomic E-state index is -3.29. The van der Waals surface area contributed by atoms with Crippen molar-refractivity contribution in [2.24, 2.45) is 0 Å². The first-order valence-corrected chi connectivity index (χ1v) is 10.6. The van der Waals surface area contributed by atoms with Crippen LogP contribution in [0.5, 0.6) is 5.75 Å². The van der Waals surface area contributed by atoms with Crippen LogP contribution in [0.3, 0.4) is 0 Å². The van der Waals surface area contributed by atoms with Crippen molar-refractivity contribution in [2.45, 2.75) is 24.8 Å². The third-order valence-electron chi connectivity index (χ3n) is 3.69. The van der Waals surface area contributed by atoms with Gasteiger partial charge < -0.3 is 4.74 Å². The summed E-state index contributed by atoms with van der Waals surface area (Å²) in [5.41, 5.74) is 1.67. The standard InChI is InChI=1S/C18H18N2O4S2/c1-11-5-4-6-13(9-11)24-12(2)17(21)20-18-19-15-8-7-14(26(3,22)23)10-16(15)25-18/h4-10,12H,1-3H3,(H,19,20,21). The molecule has 0 aliphatic heterocycles. The highest BCUT2D eigenvalue weighted by molar-refractivity contribution is 7.90. The van der Waals surface area contributed by atoms with E-state index in [0.717, 1.165) is 11.8 Å². The molecule has 2 aromatic carbocycles. The first-order chi connectivity index (χ1) is 12.2. The summed E-state index contributed by atoms with van der Waals surface area (Å²) in [7, 11) is -3.29. The van der Waals surface area contributed by atoms with Crippen LogP contribution in [0.25, 0.3) is 10.2 Å². The van der Waals surface area contributed by atoms with E-state index in [1.54, 1.807) is 25.1 Å². The van der Waals surface area contributed by atoms with Crippen LogP contribution in [-0.2, 0) is 14.6 Å². The van der Waals surface area contributed by atoms with E-state index < -0.39 is 15.9 Å². The largest absolute Gasteiger partial charge is 0.481 e. The maximum absolute atomic E-state index is 12.3. The van der Waals surface area contributed by atoms with Gasteiger partial charge in [-0.25, -0.2) is 13.4 Å². The molecule has 0 saturated heterocycles. The Kier molecular flexibility index (Phi) is 4.97. The lowest BCUT2D eigenvalue weighted by atomic mass is 10.2. The Balaban J connectivity index is 1.74. The van der Waals surface area contributed by atoms with E-state index in [2.05, 4.69) is 10.3 Å². The van der Waals surface area contributed by atoms with E-state index in [-0.39, 0.29) is 10.8 Å². The first kappa shape index (κ1) is 18.3. The monoisotopic (exact) mass is 390 g/mol. The van der Waals surface area contributed by atoms with Crippen LogP contribution in [0, 0.1) is 6.92 Å². The predicted molar refractivity (Wildman–Crippen MR) is 103 cm³/mol. The number of nitrogens with zero attached hydrogens (tertiary/aromatic N) is 1. The Hall–Kier alpha value is -2.45. The molecule has 1 unspecified atom stereocenters. The number of amides is 1. The molecule has 1 heterocycles. The lowest BCUT2D eigenvalue weighted by Crippen LogP contribution is -2.30. The normalized spacial score (nSPS) is 12.7. The van der Waals surface area contributed by atoms with Crippen LogP contribution in [-0.4, -0.2) is 31.7 Å². The summed E-state index contributed by atoms with van der Waals surface area (Å²) in [6.45, 7) is 3.61. The Morgan fingerprint density at radius 2 is 2.00 bits per heavy atom. The Morgan fingerprint density at radius 1 is 1.23 bits per heavy atom. The van der Waals surface area contributed by atoms with Crippen LogP contribution in [0.1, 0.15) is 12.5 Å². The van der Waals surface area contributed by atoms with Gasteiger partial charge in [-0.15, -0.1) is 0 Å². The van der Waals surface area contributed by atoms with Crippen molar-refractivity contribution in [1.29, 1.82) is 0 Å². The molecule has 1 amide bonds. The van der Waals surface area contributed by atoms with E-state index in [1.165, 1.54) is 17.4 Å².